The largest absolute Gasteiger partial charge is 0.336 e. The van der Waals surface area contributed by atoms with Crippen LogP contribution in [0.2, 0.25) is 0 Å². The normalized spacial score (nSPS) is 15.2. The van der Waals surface area contributed by atoms with E-state index in [0.29, 0.717) is 13.0 Å². The SMILES string of the molecule is CC(C)N(Cc1ccccc1)C(=O)Cc1csc(-c2cccc(CN3CCN(C)CC3)c2)n1. The fraction of sp³-hybridized carbons (Fsp3) is 0.407. The third-order valence-electron chi connectivity index (χ3n) is 6.20. The van der Waals surface area contributed by atoms with Crippen LogP contribution in [0.3, 0.4) is 0 Å². The molecule has 1 aliphatic rings. The predicted octanol–water partition coefficient (Wildman–Crippen LogP) is 4.54. The van der Waals surface area contributed by atoms with Gasteiger partial charge in [0.2, 0.25) is 5.91 Å². The first-order valence-electron chi connectivity index (χ1n) is 11.8. The zero-order chi connectivity index (χ0) is 23.2. The topological polar surface area (TPSA) is 39.7 Å². The minimum Gasteiger partial charge on any atom is -0.336 e. The lowest BCUT2D eigenvalue weighted by Gasteiger charge is -2.32. The van der Waals surface area contributed by atoms with Gasteiger partial charge in [-0.3, -0.25) is 9.69 Å². The molecule has 33 heavy (non-hydrogen) atoms. The number of hydrogen-bond acceptors (Lipinski definition) is 5. The molecule has 0 N–H and O–H groups in total. The van der Waals surface area contributed by atoms with E-state index in [-0.39, 0.29) is 11.9 Å². The predicted molar refractivity (Wildman–Crippen MR) is 136 cm³/mol. The van der Waals surface area contributed by atoms with E-state index in [1.165, 1.54) is 5.56 Å². The lowest BCUT2D eigenvalue weighted by molar-refractivity contribution is -0.132. The number of benzene rings is 2. The van der Waals surface area contributed by atoms with Crippen LogP contribution < -0.4 is 0 Å². The number of likely N-dealkylation sites (N-methyl/N-ethyl adjacent to an activating group) is 1. The summed E-state index contributed by atoms with van der Waals surface area (Å²) in [5.74, 6) is 0.120. The van der Waals surface area contributed by atoms with Gasteiger partial charge in [0.1, 0.15) is 5.01 Å². The molecule has 5 nitrogen and oxygen atoms in total. The standard InChI is InChI=1S/C27H34N4OS/c1-21(2)31(19-22-8-5-4-6-9-22)26(32)17-25-20-33-27(28-25)24-11-7-10-23(16-24)18-30-14-12-29(3)13-15-30/h4-11,16,20-21H,12-15,17-19H2,1-3H3. The fourth-order valence-corrected chi connectivity index (χ4v) is 5.00. The summed E-state index contributed by atoms with van der Waals surface area (Å²) in [6.45, 7) is 10.2. The molecule has 0 saturated carbocycles. The lowest BCUT2D eigenvalue weighted by atomic mass is 10.1. The number of thiazole rings is 1. The molecular weight excluding hydrogens is 428 g/mol. The van der Waals surface area contributed by atoms with Crippen molar-refractivity contribution in [1.29, 1.82) is 0 Å². The summed E-state index contributed by atoms with van der Waals surface area (Å²) in [6, 6.07) is 19.0. The first-order chi connectivity index (χ1) is 16.0. The Morgan fingerprint density at radius 2 is 1.76 bits per heavy atom. The zero-order valence-electron chi connectivity index (χ0n) is 19.9. The molecule has 0 radical (unpaired) electrons. The van der Waals surface area contributed by atoms with Crippen molar-refractivity contribution < 1.29 is 4.79 Å². The maximum absolute atomic E-state index is 13.1. The Labute approximate surface area is 201 Å². The highest BCUT2D eigenvalue weighted by molar-refractivity contribution is 7.13. The maximum atomic E-state index is 13.1. The summed E-state index contributed by atoms with van der Waals surface area (Å²) in [5, 5.41) is 3.01. The quantitative estimate of drug-likeness (QED) is 0.493. The molecule has 1 aromatic heterocycles. The molecule has 2 aromatic carbocycles. The zero-order valence-corrected chi connectivity index (χ0v) is 20.7. The summed E-state index contributed by atoms with van der Waals surface area (Å²) in [4.78, 5) is 24.7. The van der Waals surface area contributed by atoms with E-state index >= 15 is 0 Å². The smallest absolute Gasteiger partial charge is 0.229 e. The summed E-state index contributed by atoms with van der Waals surface area (Å²) in [7, 11) is 2.19. The highest BCUT2D eigenvalue weighted by Gasteiger charge is 2.19. The third-order valence-corrected chi connectivity index (χ3v) is 7.14. The Bertz CT molecular complexity index is 1040. The van der Waals surface area contributed by atoms with Crippen molar-refractivity contribution in [2.24, 2.45) is 0 Å². The Morgan fingerprint density at radius 1 is 1.03 bits per heavy atom. The van der Waals surface area contributed by atoms with Crippen LogP contribution in [-0.2, 0) is 24.3 Å². The number of amides is 1. The molecule has 0 unspecified atom stereocenters. The molecule has 1 saturated heterocycles. The van der Waals surface area contributed by atoms with E-state index in [4.69, 9.17) is 4.98 Å². The number of piperazine rings is 1. The van der Waals surface area contributed by atoms with Crippen molar-refractivity contribution >= 4 is 17.2 Å². The highest BCUT2D eigenvalue weighted by atomic mass is 32.1. The van der Waals surface area contributed by atoms with Crippen molar-refractivity contribution in [3.05, 3.63) is 76.8 Å². The molecule has 0 spiro atoms. The van der Waals surface area contributed by atoms with Crippen molar-refractivity contribution in [3.8, 4) is 10.6 Å². The van der Waals surface area contributed by atoms with Crippen LogP contribution in [0.1, 0.15) is 30.7 Å². The number of carbonyl (C=O) groups is 1. The van der Waals surface area contributed by atoms with Gasteiger partial charge in [-0.15, -0.1) is 11.3 Å². The summed E-state index contributed by atoms with van der Waals surface area (Å²) >= 11 is 1.62. The van der Waals surface area contributed by atoms with Gasteiger partial charge in [0.25, 0.3) is 0 Å². The van der Waals surface area contributed by atoms with Crippen LogP contribution in [0.5, 0.6) is 0 Å². The van der Waals surface area contributed by atoms with Gasteiger partial charge >= 0.3 is 0 Å². The summed E-state index contributed by atoms with van der Waals surface area (Å²) < 4.78 is 0. The van der Waals surface area contributed by atoms with Gasteiger partial charge in [0.15, 0.2) is 0 Å². The van der Waals surface area contributed by atoms with E-state index in [1.807, 2.05) is 28.5 Å². The van der Waals surface area contributed by atoms with Crippen LogP contribution in [0, 0.1) is 0 Å². The molecule has 0 aliphatic carbocycles. The van der Waals surface area contributed by atoms with Gasteiger partial charge in [-0.1, -0.05) is 48.5 Å². The minimum atomic E-state index is 0.120. The number of rotatable bonds is 8. The average Bonchev–Trinajstić information content (AvgIpc) is 3.28. The molecule has 2 heterocycles. The Balaban J connectivity index is 1.40. The third kappa shape index (κ3) is 6.50. The van der Waals surface area contributed by atoms with Gasteiger partial charge < -0.3 is 9.80 Å². The van der Waals surface area contributed by atoms with Gasteiger partial charge in [-0.05, 0) is 38.1 Å². The second-order valence-corrected chi connectivity index (χ2v) is 10.1. The molecule has 0 atom stereocenters. The van der Waals surface area contributed by atoms with Crippen LogP contribution in [0.25, 0.3) is 10.6 Å². The van der Waals surface area contributed by atoms with Crippen molar-refractivity contribution in [2.45, 2.75) is 39.4 Å². The van der Waals surface area contributed by atoms with Gasteiger partial charge in [-0.25, -0.2) is 4.98 Å². The van der Waals surface area contributed by atoms with Gasteiger partial charge in [0, 0.05) is 56.3 Å². The highest BCUT2D eigenvalue weighted by Crippen LogP contribution is 2.26. The first kappa shape index (κ1) is 23.6. The lowest BCUT2D eigenvalue weighted by Crippen LogP contribution is -2.43. The molecule has 1 amide bonds. The molecular formula is C27H34N4OS. The van der Waals surface area contributed by atoms with Gasteiger partial charge in [-0.2, -0.15) is 0 Å². The van der Waals surface area contributed by atoms with Crippen molar-refractivity contribution in [2.75, 3.05) is 33.2 Å². The van der Waals surface area contributed by atoms with E-state index in [1.54, 1.807) is 11.3 Å². The van der Waals surface area contributed by atoms with Crippen LogP contribution in [0.15, 0.2) is 60.0 Å². The van der Waals surface area contributed by atoms with E-state index < -0.39 is 0 Å². The molecule has 1 aliphatic heterocycles. The average molecular weight is 463 g/mol. The Kier molecular flexibility index (Phi) is 7.91. The monoisotopic (exact) mass is 462 g/mol. The number of aromatic nitrogens is 1. The minimum absolute atomic E-state index is 0.120. The number of nitrogens with zero attached hydrogens (tertiary/aromatic N) is 4. The van der Waals surface area contributed by atoms with Crippen LogP contribution >= 0.6 is 11.3 Å². The Hall–Kier alpha value is -2.54. The van der Waals surface area contributed by atoms with Crippen LogP contribution in [0.4, 0.5) is 0 Å². The summed E-state index contributed by atoms with van der Waals surface area (Å²) in [6.07, 6.45) is 0.336. The second-order valence-electron chi connectivity index (χ2n) is 9.20. The summed E-state index contributed by atoms with van der Waals surface area (Å²) in [5.41, 5.74) is 4.45. The molecule has 174 valence electrons. The molecule has 3 aromatic rings. The molecule has 0 bridgehead atoms. The number of hydrogen-bond donors (Lipinski definition) is 0. The molecule has 6 heteroatoms. The van der Waals surface area contributed by atoms with Gasteiger partial charge in [0.05, 0.1) is 12.1 Å². The van der Waals surface area contributed by atoms with Crippen molar-refractivity contribution in [3.63, 3.8) is 0 Å². The van der Waals surface area contributed by atoms with Crippen LogP contribution in [-0.4, -0.2) is 64.9 Å². The van der Waals surface area contributed by atoms with E-state index in [0.717, 1.165) is 54.6 Å². The molecule has 1 fully saturated rings. The van der Waals surface area contributed by atoms with E-state index in [9.17, 15) is 4.79 Å². The Morgan fingerprint density at radius 3 is 2.48 bits per heavy atom. The number of carbonyl (C=O) groups excluding carboxylic acids is 1. The molecule has 4 rings (SSSR count). The maximum Gasteiger partial charge on any atom is 0.229 e. The fourth-order valence-electron chi connectivity index (χ4n) is 4.18. The second kappa shape index (κ2) is 11.1. The van der Waals surface area contributed by atoms with Crippen molar-refractivity contribution in [1.82, 2.24) is 19.7 Å². The first-order valence-corrected chi connectivity index (χ1v) is 12.6. The van der Waals surface area contributed by atoms with E-state index in [2.05, 4.69) is 67.1 Å².